The molecule has 1 unspecified atom stereocenters. The van der Waals surface area contributed by atoms with Crippen LogP contribution in [-0.2, 0) is 22.1 Å². The van der Waals surface area contributed by atoms with E-state index in [0.29, 0.717) is 40.3 Å². The number of allylic oxidation sites excluding steroid dienone is 1. The van der Waals surface area contributed by atoms with E-state index in [0.717, 1.165) is 12.8 Å². The highest BCUT2D eigenvalue weighted by atomic mass is 35.5. The first-order valence-electron chi connectivity index (χ1n) is 9.99. The van der Waals surface area contributed by atoms with Crippen LogP contribution >= 0.6 is 11.6 Å². The Kier molecular flexibility index (Phi) is 7.55. The maximum atomic E-state index is 13.1. The summed E-state index contributed by atoms with van der Waals surface area (Å²) in [6, 6.07) is 3.57. The molecule has 1 saturated carbocycles. The fraction of sp³-hybridized carbons (Fsp3) is 0.429. The van der Waals surface area contributed by atoms with Crippen molar-refractivity contribution < 1.29 is 9.00 Å². The van der Waals surface area contributed by atoms with Crippen LogP contribution in [0.2, 0.25) is 0 Å². The van der Waals surface area contributed by atoms with Crippen molar-refractivity contribution in [1.82, 2.24) is 15.2 Å². The van der Waals surface area contributed by atoms with Gasteiger partial charge in [0.2, 0.25) is 0 Å². The van der Waals surface area contributed by atoms with Gasteiger partial charge in [0.25, 0.3) is 5.91 Å². The fourth-order valence-electron chi connectivity index (χ4n) is 3.22. The van der Waals surface area contributed by atoms with Crippen LogP contribution in [0, 0.1) is 5.92 Å². The molecule has 9 heteroatoms. The number of piperazine rings is 1. The lowest BCUT2D eigenvalue weighted by atomic mass is 9.85. The first-order valence-corrected chi connectivity index (χ1v) is 11.7. The lowest BCUT2D eigenvalue weighted by Crippen LogP contribution is -2.56. The number of hydrogen-bond acceptors (Lipinski definition) is 5. The van der Waals surface area contributed by atoms with Crippen LogP contribution in [-0.4, -0.2) is 44.0 Å². The first-order chi connectivity index (χ1) is 14.4. The summed E-state index contributed by atoms with van der Waals surface area (Å²) in [7, 11) is -1.04. The van der Waals surface area contributed by atoms with Gasteiger partial charge in [0.1, 0.15) is 5.16 Å². The number of pyridine rings is 1. The number of amides is 1. The van der Waals surface area contributed by atoms with Crippen molar-refractivity contribution in [2.24, 2.45) is 15.9 Å². The van der Waals surface area contributed by atoms with Crippen molar-refractivity contribution in [3.63, 3.8) is 0 Å². The predicted octanol–water partition coefficient (Wildman–Crippen LogP) is 3.35. The summed E-state index contributed by atoms with van der Waals surface area (Å²) in [5, 5.41) is 3.19. The zero-order valence-corrected chi connectivity index (χ0v) is 18.8. The van der Waals surface area contributed by atoms with Crippen molar-refractivity contribution in [3.05, 3.63) is 47.5 Å². The van der Waals surface area contributed by atoms with Crippen LogP contribution in [0.4, 0.5) is 0 Å². The van der Waals surface area contributed by atoms with Gasteiger partial charge in [0.15, 0.2) is 11.7 Å². The van der Waals surface area contributed by atoms with E-state index in [-0.39, 0.29) is 23.4 Å². The van der Waals surface area contributed by atoms with E-state index in [9.17, 15) is 9.00 Å². The predicted molar refractivity (Wildman–Crippen MR) is 121 cm³/mol. The van der Waals surface area contributed by atoms with Gasteiger partial charge in [0.05, 0.1) is 33.6 Å². The number of nitrogens with one attached hydrogen (secondary N) is 1. The zero-order valence-electron chi connectivity index (χ0n) is 17.2. The van der Waals surface area contributed by atoms with Gasteiger partial charge in [-0.15, -0.1) is 0 Å². The van der Waals surface area contributed by atoms with Crippen LogP contribution in [0.15, 0.2) is 56.7 Å². The number of hydrogen-bond donors (Lipinski definition) is 1. The molecule has 1 aliphatic carbocycles. The molecule has 1 saturated heterocycles. The molecular weight excluding hydrogens is 422 g/mol. The standard InChI is InChI=1S/C21H26ClN5O2S/c1-4-18-20(25-14(3)22)27(13-15-7-6-8-15)21(28)19(26-18)24-11-16-9-10-17(12-23-16)30(29)5-2/h4,9-10,12,15H,3,5-8,11,13H2,1-2H3,(H,24,26)/b18-4+,25-20?. The van der Waals surface area contributed by atoms with E-state index in [1.54, 1.807) is 23.2 Å². The molecule has 7 nitrogen and oxygen atoms in total. The second-order valence-corrected chi connectivity index (χ2v) is 9.31. The van der Waals surface area contributed by atoms with Gasteiger partial charge in [-0.25, -0.2) is 4.99 Å². The van der Waals surface area contributed by atoms with E-state index < -0.39 is 10.8 Å². The minimum atomic E-state index is -1.04. The van der Waals surface area contributed by atoms with Gasteiger partial charge in [0, 0.05) is 18.5 Å². The Balaban J connectivity index is 1.83. The largest absolute Gasteiger partial charge is 0.333 e. The Morgan fingerprint density at radius 2 is 2.23 bits per heavy atom. The van der Waals surface area contributed by atoms with E-state index in [1.807, 2.05) is 19.9 Å². The molecule has 2 fully saturated rings. The molecule has 1 N–H and O–H groups in total. The molecule has 1 aromatic rings. The second kappa shape index (κ2) is 10.1. The molecule has 3 rings (SSSR count). The van der Waals surface area contributed by atoms with E-state index in [4.69, 9.17) is 11.6 Å². The topological polar surface area (TPSA) is 87.0 Å². The molecule has 1 aliphatic heterocycles. The highest BCUT2D eigenvalue weighted by Crippen LogP contribution is 2.28. The lowest BCUT2D eigenvalue weighted by Gasteiger charge is -2.36. The quantitative estimate of drug-likeness (QED) is 0.649. The van der Waals surface area contributed by atoms with Gasteiger partial charge in [-0.05, 0) is 37.8 Å². The Bertz CT molecular complexity index is 935. The SMILES string of the molecule is C=C(Cl)N=C1/C(=C\C)NC(=NCc2ccc(S(=O)CC)cn2)C(=O)N1CC1CCC1. The number of amidine groups is 2. The average Bonchev–Trinajstić information content (AvgIpc) is 2.71. The summed E-state index contributed by atoms with van der Waals surface area (Å²) >= 11 is 5.92. The van der Waals surface area contributed by atoms with Gasteiger partial charge < -0.3 is 5.32 Å². The summed E-state index contributed by atoms with van der Waals surface area (Å²) in [6.07, 6.45) is 6.81. The summed E-state index contributed by atoms with van der Waals surface area (Å²) in [6.45, 7) is 8.17. The molecule has 0 radical (unpaired) electrons. The number of rotatable bonds is 7. The van der Waals surface area contributed by atoms with E-state index in [2.05, 4.69) is 26.9 Å². The van der Waals surface area contributed by atoms with Crippen molar-refractivity contribution >= 4 is 40.0 Å². The average molecular weight is 448 g/mol. The number of nitrogens with zero attached hydrogens (tertiary/aromatic N) is 4. The molecule has 160 valence electrons. The molecule has 2 heterocycles. The molecule has 0 aromatic carbocycles. The van der Waals surface area contributed by atoms with Gasteiger partial charge in [-0.1, -0.05) is 37.6 Å². The van der Waals surface area contributed by atoms with Crippen LogP contribution in [0.25, 0.3) is 0 Å². The van der Waals surface area contributed by atoms with Crippen LogP contribution < -0.4 is 5.32 Å². The van der Waals surface area contributed by atoms with Crippen molar-refractivity contribution in [1.29, 1.82) is 0 Å². The van der Waals surface area contributed by atoms with Gasteiger partial charge in [-0.3, -0.25) is 23.9 Å². The van der Waals surface area contributed by atoms with Gasteiger partial charge in [-0.2, -0.15) is 0 Å². The second-order valence-electron chi connectivity index (χ2n) is 7.14. The monoisotopic (exact) mass is 447 g/mol. The maximum absolute atomic E-state index is 13.1. The van der Waals surface area contributed by atoms with Gasteiger partial charge >= 0.3 is 0 Å². The number of aromatic nitrogens is 1. The van der Waals surface area contributed by atoms with E-state index in [1.165, 1.54) is 6.42 Å². The fourth-order valence-corrected chi connectivity index (χ4v) is 4.02. The minimum Gasteiger partial charge on any atom is -0.333 e. The Morgan fingerprint density at radius 3 is 2.77 bits per heavy atom. The molecule has 0 spiro atoms. The molecule has 1 atom stereocenters. The number of carbonyl (C=O) groups excluding carboxylic acids is 1. The Labute approximate surface area is 184 Å². The first kappa shape index (κ1) is 22.4. The normalized spacial score (nSPS) is 22.3. The number of halogens is 1. The highest BCUT2D eigenvalue weighted by Gasteiger charge is 2.35. The maximum Gasteiger partial charge on any atom is 0.294 e. The highest BCUT2D eigenvalue weighted by molar-refractivity contribution is 7.85. The van der Waals surface area contributed by atoms with Crippen molar-refractivity contribution in [2.45, 2.75) is 44.6 Å². The molecule has 0 bridgehead atoms. The molecule has 2 aliphatic rings. The third kappa shape index (κ3) is 5.23. The molecular formula is C21H26ClN5O2S. The molecule has 1 aromatic heterocycles. The smallest absolute Gasteiger partial charge is 0.294 e. The van der Waals surface area contributed by atoms with E-state index >= 15 is 0 Å². The lowest BCUT2D eigenvalue weighted by molar-refractivity contribution is -0.121. The molecule has 30 heavy (non-hydrogen) atoms. The Hall–Kier alpha value is -2.32. The summed E-state index contributed by atoms with van der Waals surface area (Å²) in [4.78, 5) is 28.5. The van der Waals surface area contributed by atoms with Crippen molar-refractivity contribution in [3.8, 4) is 0 Å². The summed E-state index contributed by atoms with van der Waals surface area (Å²) in [5.74, 6) is 1.47. The van der Waals surface area contributed by atoms with Crippen LogP contribution in [0.3, 0.4) is 0 Å². The third-order valence-electron chi connectivity index (χ3n) is 5.10. The van der Waals surface area contributed by atoms with Crippen LogP contribution in [0.5, 0.6) is 0 Å². The van der Waals surface area contributed by atoms with Crippen molar-refractivity contribution in [2.75, 3.05) is 12.3 Å². The minimum absolute atomic E-state index is 0.117. The zero-order chi connectivity index (χ0) is 21.7. The summed E-state index contributed by atoms with van der Waals surface area (Å²) in [5.41, 5.74) is 1.35. The number of carbonyl (C=O) groups is 1. The number of aliphatic imine (C=N–C) groups is 2. The Morgan fingerprint density at radius 1 is 1.47 bits per heavy atom. The third-order valence-corrected chi connectivity index (χ3v) is 6.48. The molecule has 1 amide bonds. The van der Waals surface area contributed by atoms with Crippen LogP contribution in [0.1, 0.15) is 38.8 Å². The summed E-state index contributed by atoms with van der Waals surface area (Å²) < 4.78 is 11.9.